The van der Waals surface area contributed by atoms with Gasteiger partial charge in [-0.05, 0) is 44.3 Å². The molecule has 1 amide bonds. The molecule has 0 unspecified atom stereocenters. The van der Waals surface area contributed by atoms with Gasteiger partial charge in [0.15, 0.2) is 0 Å². The van der Waals surface area contributed by atoms with Crippen molar-refractivity contribution in [3.63, 3.8) is 0 Å². The van der Waals surface area contributed by atoms with Gasteiger partial charge in [-0.15, -0.1) is 0 Å². The summed E-state index contributed by atoms with van der Waals surface area (Å²) in [6, 6.07) is 2.37. The molecule has 0 saturated carbocycles. The van der Waals surface area contributed by atoms with Crippen LogP contribution in [-0.2, 0) is 7.05 Å². The van der Waals surface area contributed by atoms with Gasteiger partial charge in [0.25, 0.3) is 5.91 Å². The quantitative estimate of drug-likeness (QED) is 0.891. The Morgan fingerprint density at radius 2 is 2.19 bits per heavy atom. The number of aromatic amines is 1. The van der Waals surface area contributed by atoms with Crippen molar-refractivity contribution in [2.75, 3.05) is 27.2 Å². The van der Waals surface area contributed by atoms with Crippen LogP contribution < -0.4 is 0 Å². The van der Waals surface area contributed by atoms with Crippen molar-refractivity contribution in [2.24, 2.45) is 13.0 Å². The van der Waals surface area contributed by atoms with E-state index in [1.165, 1.54) is 5.69 Å². The predicted molar refractivity (Wildman–Crippen MR) is 101 cm³/mol. The Balaban J connectivity index is 1.78. The lowest BCUT2D eigenvalue weighted by Crippen LogP contribution is -2.43. The number of amides is 1. The molecule has 3 rings (SSSR count). The Hall–Kier alpha value is -2.15. The molecule has 1 fully saturated rings. The maximum Gasteiger partial charge on any atom is 0.257 e. The molecule has 1 aliphatic rings. The zero-order chi connectivity index (χ0) is 18.8. The normalized spacial score (nSPS) is 21.3. The molecule has 1 N–H and O–H groups in total. The van der Waals surface area contributed by atoms with Crippen LogP contribution in [-0.4, -0.2) is 62.9 Å². The van der Waals surface area contributed by atoms with Crippen LogP contribution in [0, 0.1) is 5.92 Å². The molecule has 26 heavy (non-hydrogen) atoms. The number of carbonyl (C=O) groups is 1. The Morgan fingerprint density at radius 3 is 2.85 bits per heavy atom. The maximum absolute atomic E-state index is 13.0. The lowest BCUT2D eigenvalue weighted by atomic mass is 9.86. The Labute approximate surface area is 155 Å². The lowest BCUT2D eigenvalue weighted by Gasteiger charge is -2.40. The number of piperidine rings is 1. The smallest absolute Gasteiger partial charge is 0.257 e. The Morgan fingerprint density at radius 1 is 1.42 bits per heavy atom. The van der Waals surface area contributed by atoms with Crippen LogP contribution in [0.4, 0.5) is 0 Å². The van der Waals surface area contributed by atoms with E-state index >= 15 is 0 Å². The second kappa shape index (κ2) is 7.61. The SMILES string of the molecule is CC(C)c1[nH]ncc1C(=O)N(C)C[C@@H]1CCCN(C)[C@H]1c1ccnn1C. The summed E-state index contributed by atoms with van der Waals surface area (Å²) in [5.41, 5.74) is 2.80. The third-order valence-electron chi connectivity index (χ3n) is 5.50. The van der Waals surface area contributed by atoms with E-state index < -0.39 is 0 Å². The molecule has 7 heteroatoms. The molecule has 7 nitrogen and oxygen atoms in total. The third-order valence-corrected chi connectivity index (χ3v) is 5.50. The molecule has 1 saturated heterocycles. The molecule has 0 spiro atoms. The molecular weight excluding hydrogens is 328 g/mol. The van der Waals surface area contributed by atoms with E-state index in [2.05, 4.69) is 47.2 Å². The minimum absolute atomic E-state index is 0.0411. The second-order valence-corrected chi connectivity index (χ2v) is 7.75. The number of aromatic nitrogens is 4. The highest BCUT2D eigenvalue weighted by Gasteiger charge is 2.34. The molecule has 142 valence electrons. The van der Waals surface area contributed by atoms with Crippen LogP contribution in [0.25, 0.3) is 0 Å². The van der Waals surface area contributed by atoms with Gasteiger partial charge in [0, 0.05) is 26.8 Å². The summed E-state index contributed by atoms with van der Waals surface area (Å²) in [5.74, 6) is 0.666. The van der Waals surface area contributed by atoms with Crippen molar-refractivity contribution < 1.29 is 4.79 Å². The number of likely N-dealkylation sites (tertiary alicyclic amines) is 1. The van der Waals surface area contributed by atoms with Crippen LogP contribution >= 0.6 is 0 Å². The number of H-pyrrole nitrogens is 1. The number of aryl methyl sites for hydroxylation is 1. The summed E-state index contributed by atoms with van der Waals surface area (Å²) >= 11 is 0. The fourth-order valence-corrected chi connectivity index (χ4v) is 4.14. The van der Waals surface area contributed by atoms with E-state index in [0.717, 1.165) is 31.6 Å². The van der Waals surface area contributed by atoms with Crippen molar-refractivity contribution in [3.8, 4) is 0 Å². The van der Waals surface area contributed by atoms with Crippen LogP contribution in [0.3, 0.4) is 0 Å². The first-order valence-electron chi connectivity index (χ1n) is 9.37. The topological polar surface area (TPSA) is 70.1 Å². The predicted octanol–water partition coefficient (Wildman–Crippen LogP) is 2.42. The van der Waals surface area contributed by atoms with Crippen molar-refractivity contribution in [3.05, 3.63) is 35.4 Å². The van der Waals surface area contributed by atoms with Gasteiger partial charge in [-0.25, -0.2) is 0 Å². The van der Waals surface area contributed by atoms with E-state index in [1.807, 2.05) is 29.9 Å². The summed E-state index contributed by atoms with van der Waals surface area (Å²) in [6.45, 7) is 5.93. The largest absolute Gasteiger partial charge is 0.341 e. The number of nitrogens with one attached hydrogen (secondary N) is 1. The number of carbonyl (C=O) groups excluding carboxylic acids is 1. The average Bonchev–Trinajstić information content (AvgIpc) is 3.23. The van der Waals surface area contributed by atoms with Gasteiger partial charge < -0.3 is 4.90 Å². The zero-order valence-electron chi connectivity index (χ0n) is 16.4. The average molecular weight is 358 g/mol. The summed E-state index contributed by atoms with van der Waals surface area (Å²) < 4.78 is 1.95. The minimum atomic E-state index is 0.0411. The fourth-order valence-electron chi connectivity index (χ4n) is 4.14. The molecule has 0 radical (unpaired) electrons. The van der Waals surface area contributed by atoms with Crippen LogP contribution in [0.5, 0.6) is 0 Å². The summed E-state index contributed by atoms with van der Waals surface area (Å²) in [4.78, 5) is 17.2. The maximum atomic E-state index is 13.0. The lowest BCUT2D eigenvalue weighted by molar-refractivity contribution is 0.0629. The van der Waals surface area contributed by atoms with E-state index in [1.54, 1.807) is 6.20 Å². The number of nitrogens with zero attached hydrogens (tertiary/aromatic N) is 5. The minimum Gasteiger partial charge on any atom is -0.341 e. The molecule has 2 atom stereocenters. The van der Waals surface area contributed by atoms with Crippen LogP contribution in [0.2, 0.25) is 0 Å². The van der Waals surface area contributed by atoms with Crippen LogP contribution in [0.1, 0.15) is 60.4 Å². The van der Waals surface area contributed by atoms with Gasteiger partial charge in [0.1, 0.15) is 0 Å². The van der Waals surface area contributed by atoms with E-state index in [4.69, 9.17) is 0 Å². The Kier molecular flexibility index (Phi) is 5.46. The molecule has 0 aliphatic carbocycles. The fraction of sp³-hybridized carbons (Fsp3) is 0.632. The van der Waals surface area contributed by atoms with E-state index in [-0.39, 0.29) is 17.9 Å². The highest BCUT2D eigenvalue weighted by molar-refractivity contribution is 5.95. The highest BCUT2D eigenvalue weighted by atomic mass is 16.2. The molecule has 2 aromatic heterocycles. The highest BCUT2D eigenvalue weighted by Crippen LogP contribution is 2.35. The van der Waals surface area contributed by atoms with Gasteiger partial charge in [0.2, 0.25) is 0 Å². The molecule has 3 heterocycles. The number of hydrogen-bond acceptors (Lipinski definition) is 4. The second-order valence-electron chi connectivity index (χ2n) is 7.75. The van der Waals surface area contributed by atoms with Crippen LogP contribution in [0.15, 0.2) is 18.5 Å². The first-order chi connectivity index (χ1) is 12.4. The Bertz CT molecular complexity index is 749. The van der Waals surface area contributed by atoms with E-state index in [0.29, 0.717) is 11.5 Å². The monoisotopic (exact) mass is 358 g/mol. The summed E-state index contributed by atoms with van der Waals surface area (Å²) in [7, 11) is 6.05. The van der Waals surface area contributed by atoms with E-state index in [9.17, 15) is 4.79 Å². The standard InChI is InChI=1S/C19H30N6O/c1-13(2)17-15(11-20-22-17)19(26)24(4)12-14-7-6-10-23(3)18(14)16-8-9-21-25(16)5/h8-9,11,13-14,18H,6-7,10,12H2,1-5H3,(H,20,22)/t14-,18+/m0/s1. The molecule has 0 bridgehead atoms. The van der Waals surface area contributed by atoms with Gasteiger partial charge in [-0.3, -0.25) is 19.5 Å². The van der Waals surface area contributed by atoms with Gasteiger partial charge in [-0.1, -0.05) is 13.8 Å². The van der Waals surface area contributed by atoms with Crippen molar-refractivity contribution in [1.29, 1.82) is 0 Å². The van der Waals surface area contributed by atoms with Gasteiger partial charge >= 0.3 is 0 Å². The van der Waals surface area contributed by atoms with Gasteiger partial charge in [0.05, 0.1) is 29.2 Å². The first-order valence-corrected chi connectivity index (χ1v) is 9.37. The van der Waals surface area contributed by atoms with Crippen molar-refractivity contribution in [2.45, 2.75) is 38.6 Å². The molecule has 1 aliphatic heterocycles. The molecule has 0 aromatic carbocycles. The van der Waals surface area contributed by atoms with Crippen molar-refractivity contribution in [1.82, 2.24) is 29.8 Å². The summed E-state index contributed by atoms with van der Waals surface area (Å²) in [6.07, 6.45) is 5.77. The van der Waals surface area contributed by atoms with Crippen molar-refractivity contribution >= 4 is 5.91 Å². The number of rotatable bonds is 5. The molecular formula is C19H30N6O. The molecule has 2 aromatic rings. The third kappa shape index (κ3) is 3.53. The van der Waals surface area contributed by atoms with Gasteiger partial charge in [-0.2, -0.15) is 10.2 Å². The first kappa shape index (κ1) is 18.6. The summed E-state index contributed by atoms with van der Waals surface area (Å²) in [5, 5.41) is 11.4. The number of hydrogen-bond donors (Lipinski definition) is 1. The zero-order valence-corrected chi connectivity index (χ0v) is 16.4.